The third-order valence-corrected chi connectivity index (χ3v) is 6.54. The predicted octanol–water partition coefficient (Wildman–Crippen LogP) is 5.06. The molecule has 0 fully saturated rings. The number of aryl methyl sites for hydroxylation is 1. The molecule has 0 atom stereocenters. The maximum absolute atomic E-state index is 13.6. The number of benzene rings is 2. The first-order chi connectivity index (χ1) is 18.6. The van der Waals surface area contributed by atoms with Crippen molar-refractivity contribution in [1.29, 1.82) is 0 Å². The summed E-state index contributed by atoms with van der Waals surface area (Å²) in [5.74, 6) is 1.61. The second-order valence-electron chi connectivity index (χ2n) is 9.39. The normalized spacial score (nSPS) is 11.9. The Balaban J connectivity index is 1.48. The minimum Gasteiger partial charge on any atom is -0.467 e. The first kappa shape index (κ1) is 27.3. The fourth-order valence-electron chi connectivity index (χ4n) is 4.38. The van der Waals surface area contributed by atoms with Gasteiger partial charge in [-0.25, -0.2) is 0 Å². The van der Waals surface area contributed by atoms with Crippen molar-refractivity contribution in [3.63, 3.8) is 0 Å². The first-order valence-corrected chi connectivity index (χ1v) is 13.1. The molecule has 1 aliphatic rings. The van der Waals surface area contributed by atoms with Gasteiger partial charge in [0.2, 0.25) is 12.7 Å². The number of rotatable bonds is 14. The van der Waals surface area contributed by atoms with Crippen molar-refractivity contribution in [3.8, 4) is 11.5 Å². The van der Waals surface area contributed by atoms with Crippen molar-refractivity contribution in [3.05, 3.63) is 83.3 Å². The molecule has 38 heavy (non-hydrogen) atoms. The van der Waals surface area contributed by atoms with Crippen LogP contribution < -0.4 is 9.47 Å². The van der Waals surface area contributed by atoms with Crippen LogP contribution >= 0.6 is 0 Å². The fourth-order valence-corrected chi connectivity index (χ4v) is 4.38. The third-order valence-electron chi connectivity index (χ3n) is 6.54. The predicted molar refractivity (Wildman–Crippen MR) is 143 cm³/mol. The fraction of sp³-hybridized carbons (Fsp3) is 0.400. The monoisotopic (exact) mass is 520 g/mol. The number of hydrogen-bond acceptors (Lipinski definition) is 6. The van der Waals surface area contributed by atoms with Crippen LogP contribution in [0.1, 0.15) is 53.4 Å². The van der Waals surface area contributed by atoms with E-state index in [-0.39, 0.29) is 31.7 Å². The Morgan fingerprint density at radius 1 is 0.921 bits per heavy atom. The van der Waals surface area contributed by atoms with Gasteiger partial charge >= 0.3 is 0 Å². The summed E-state index contributed by atoms with van der Waals surface area (Å²) in [7, 11) is 1.58. The number of unbranched alkanes of at least 4 members (excludes halogenated alkanes) is 2. The number of fused-ring (bicyclic) bond motifs is 1. The SMILES string of the molecule is CCCCCc1ccc(C(=O)N(CCOC)CC(=O)N(Cc2ccc3c(c2)OCO3)Cc2ccco2)cc1. The summed E-state index contributed by atoms with van der Waals surface area (Å²) in [6.07, 6.45) is 6.07. The molecule has 0 radical (unpaired) electrons. The van der Waals surface area contributed by atoms with Crippen LogP contribution in [0.25, 0.3) is 0 Å². The standard InChI is InChI=1S/C30H36N2O6/c1-3-4-5-7-23-9-12-25(13-10-23)30(34)31(15-17-35-2)21-29(33)32(20-26-8-6-16-36-26)19-24-11-14-27-28(18-24)38-22-37-27/h6,8-14,16,18H,3-5,7,15,17,19-22H2,1-2H3. The van der Waals surface area contributed by atoms with Gasteiger partial charge in [0, 0.05) is 25.8 Å². The number of ether oxygens (including phenoxy) is 3. The Morgan fingerprint density at radius 2 is 1.71 bits per heavy atom. The maximum Gasteiger partial charge on any atom is 0.254 e. The highest BCUT2D eigenvalue weighted by molar-refractivity contribution is 5.96. The van der Waals surface area contributed by atoms with Crippen LogP contribution in [-0.2, 0) is 29.0 Å². The van der Waals surface area contributed by atoms with Crippen LogP contribution in [0.3, 0.4) is 0 Å². The Bertz CT molecular complexity index is 1180. The zero-order chi connectivity index (χ0) is 26.7. The maximum atomic E-state index is 13.6. The Hall–Kier alpha value is -3.78. The average molecular weight is 521 g/mol. The number of carbonyl (C=O) groups excluding carboxylic acids is 2. The van der Waals surface area contributed by atoms with Crippen molar-refractivity contribution < 1.29 is 28.2 Å². The van der Waals surface area contributed by atoms with Gasteiger partial charge in [0.25, 0.3) is 5.91 Å². The van der Waals surface area contributed by atoms with E-state index in [4.69, 9.17) is 18.6 Å². The van der Waals surface area contributed by atoms with Crippen LogP contribution in [0, 0.1) is 0 Å². The molecule has 0 spiro atoms. The van der Waals surface area contributed by atoms with E-state index in [1.54, 1.807) is 29.2 Å². The average Bonchev–Trinajstić information content (AvgIpc) is 3.62. The van der Waals surface area contributed by atoms with Crippen molar-refractivity contribution in [2.45, 2.75) is 45.7 Å². The molecule has 2 amide bonds. The summed E-state index contributed by atoms with van der Waals surface area (Å²) in [6, 6.07) is 16.9. The minimum atomic E-state index is -0.198. The Labute approximate surface area is 224 Å². The topological polar surface area (TPSA) is 81.5 Å². The summed E-state index contributed by atoms with van der Waals surface area (Å²) in [5.41, 5.74) is 2.66. The Morgan fingerprint density at radius 3 is 2.45 bits per heavy atom. The highest BCUT2D eigenvalue weighted by Crippen LogP contribution is 2.33. The lowest BCUT2D eigenvalue weighted by atomic mass is 10.0. The largest absolute Gasteiger partial charge is 0.467 e. The summed E-state index contributed by atoms with van der Waals surface area (Å²) < 4.78 is 21.7. The molecule has 1 aliphatic heterocycles. The second kappa shape index (κ2) is 13.7. The molecular formula is C30H36N2O6. The van der Waals surface area contributed by atoms with Gasteiger partial charge < -0.3 is 28.4 Å². The summed E-state index contributed by atoms with van der Waals surface area (Å²) in [6.45, 7) is 3.53. The molecule has 202 valence electrons. The molecule has 0 bridgehead atoms. The van der Waals surface area contributed by atoms with E-state index in [1.165, 1.54) is 18.4 Å². The van der Waals surface area contributed by atoms with E-state index in [9.17, 15) is 9.59 Å². The molecule has 0 N–H and O–H groups in total. The molecule has 0 saturated heterocycles. The van der Waals surface area contributed by atoms with E-state index < -0.39 is 0 Å². The lowest BCUT2D eigenvalue weighted by Crippen LogP contribution is -2.43. The number of amides is 2. The van der Waals surface area contributed by atoms with E-state index in [0.717, 1.165) is 18.4 Å². The zero-order valence-electron chi connectivity index (χ0n) is 22.2. The summed E-state index contributed by atoms with van der Waals surface area (Å²) in [4.78, 5) is 30.3. The summed E-state index contributed by atoms with van der Waals surface area (Å²) in [5, 5.41) is 0. The van der Waals surface area contributed by atoms with Crippen LogP contribution in [0.2, 0.25) is 0 Å². The highest BCUT2D eigenvalue weighted by atomic mass is 16.7. The minimum absolute atomic E-state index is 0.0777. The molecule has 1 aromatic heterocycles. The highest BCUT2D eigenvalue weighted by Gasteiger charge is 2.24. The van der Waals surface area contributed by atoms with Gasteiger partial charge in [-0.05, 0) is 60.4 Å². The number of hydrogen-bond donors (Lipinski definition) is 0. The van der Waals surface area contributed by atoms with Crippen LogP contribution in [0.15, 0.2) is 65.3 Å². The molecule has 0 unspecified atom stereocenters. The van der Waals surface area contributed by atoms with Crippen molar-refractivity contribution >= 4 is 11.8 Å². The van der Waals surface area contributed by atoms with Crippen molar-refractivity contribution in [2.24, 2.45) is 0 Å². The molecule has 3 aromatic rings. The lowest BCUT2D eigenvalue weighted by molar-refractivity contribution is -0.133. The first-order valence-electron chi connectivity index (χ1n) is 13.1. The van der Waals surface area contributed by atoms with Gasteiger partial charge in [-0.1, -0.05) is 38.0 Å². The third kappa shape index (κ3) is 7.38. The van der Waals surface area contributed by atoms with Crippen molar-refractivity contribution in [2.75, 3.05) is 33.6 Å². The number of nitrogens with zero attached hydrogens (tertiary/aromatic N) is 2. The summed E-state index contributed by atoms with van der Waals surface area (Å²) >= 11 is 0. The molecular weight excluding hydrogens is 484 g/mol. The second-order valence-corrected chi connectivity index (χ2v) is 9.39. The molecule has 8 nitrogen and oxygen atoms in total. The van der Waals surface area contributed by atoms with Gasteiger partial charge in [0.05, 0.1) is 19.4 Å². The van der Waals surface area contributed by atoms with Crippen LogP contribution in [0.4, 0.5) is 0 Å². The molecule has 0 aliphatic carbocycles. The van der Waals surface area contributed by atoms with Gasteiger partial charge in [-0.2, -0.15) is 0 Å². The molecule has 8 heteroatoms. The molecule has 2 aromatic carbocycles. The van der Waals surface area contributed by atoms with Gasteiger partial charge in [0.1, 0.15) is 12.3 Å². The quantitative estimate of drug-likeness (QED) is 0.277. The Kier molecular flexibility index (Phi) is 9.81. The zero-order valence-corrected chi connectivity index (χ0v) is 22.2. The van der Waals surface area contributed by atoms with Gasteiger partial charge in [0.15, 0.2) is 11.5 Å². The van der Waals surface area contributed by atoms with E-state index in [2.05, 4.69) is 6.92 Å². The molecule has 0 saturated carbocycles. The van der Waals surface area contributed by atoms with Crippen molar-refractivity contribution in [1.82, 2.24) is 9.80 Å². The van der Waals surface area contributed by atoms with E-state index in [1.807, 2.05) is 48.5 Å². The van der Waals surface area contributed by atoms with Gasteiger partial charge in [-0.3, -0.25) is 9.59 Å². The van der Waals surface area contributed by atoms with E-state index >= 15 is 0 Å². The molecule has 4 rings (SSSR count). The molecule has 2 heterocycles. The number of furan rings is 1. The van der Waals surface area contributed by atoms with Crippen LogP contribution in [-0.4, -0.2) is 55.2 Å². The smallest absolute Gasteiger partial charge is 0.254 e. The number of carbonyl (C=O) groups is 2. The number of methoxy groups -OCH3 is 1. The van der Waals surface area contributed by atoms with E-state index in [0.29, 0.717) is 42.5 Å². The van der Waals surface area contributed by atoms with Gasteiger partial charge in [-0.15, -0.1) is 0 Å². The van der Waals surface area contributed by atoms with Crippen LogP contribution in [0.5, 0.6) is 11.5 Å². The lowest BCUT2D eigenvalue weighted by Gasteiger charge is -2.27.